The number of ether oxygens (including phenoxy) is 1. The Balaban J connectivity index is 1.78. The minimum atomic E-state index is -0.551. The Morgan fingerprint density at radius 2 is 1.82 bits per heavy atom. The summed E-state index contributed by atoms with van der Waals surface area (Å²) in [5.41, 5.74) is 0.943. The van der Waals surface area contributed by atoms with Crippen LogP contribution in [0, 0.1) is 0 Å². The second kappa shape index (κ2) is 7.77. The van der Waals surface area contributed by atoms with E-state index in [1.165, 1.54) is 12.3 Å². The number of esters is 1. The van der Waals surface area contributed by atoms with Gasteiger partial charge < -0.3 is 10.1 Å². The van der Waals surface area contributed by atoms with E-state index in [9.17, 15) is 9.59 Å². The standard InChI is InChI=1S/C15H12Cl2N2O3/c16-11-3-1-10(2-4-11)9-22-14(20)8-19-15(21)13-7-12(17)5-6-18-13/h1-7H,8-9H2,(H,19,21). The molecule has 0 aliphatic heterocycles. The Labute approximate surface area is 137 Å². The fraction of sp³-hybridized carbons (Fsp3) is 0.133. The summed E-state index contributed by atoms with van der Waals surface area (Å²) in [7, 11) is 0. The van der Waals surface area contributed by atoms with Gasteiger partial charge in [-0.3, -0.25) is 14.6 Å². The highest BCUT2D eigenvalue weighted by atomic mass is 35.5. The third kappa shape index (κ3) is 5.02. The molecule has 1 aromatic heterocycles. The van der Waals surface area contributed by atoms with Crippen molar-refractivity contribution in [2.45, 2.75) is 6.61 Å². The molecule has 114 valence electrons. The van der Waals surface area contributed by atoms with Gasteiger partial charge in [0.15, 0.2) is 0 Å². The molecule has 0 saturated carbocycles. The highest BCUT2D eigenvalue weighted by molar-refractivity contribution is 6.31. The van der Waals surface area contributed by atoms with Crippen molar-refractivity contribution in [3.63, 3.8) is 0 Å². The molecule has 0 aliphatic carbocycles. The molecule has 0 atom stereocenters. The predicted molar refractivity (Wildman–Crippen MR) is 82.8 cm³/mol. The minimum Gasteiger partial charge on any atom is -0.460 e. The minimum absolute atomic E-state index is 0.112. The van der Waals surface area contributed by atoms with Gasteiger partial charge in [-0.05, 0) is 29.8 Å². The van der Waals surface area contributed by atoms with Crippen molar-refractivity contribution in [1.29, 1.82) is 0 Å². The van der Waals surface area contributed by atoms with Crippen LogP contribution >= 0.6 is 23.2 Å². The van der Waals surface area contributed by atoms with E-state index in [4.69, 9.17) is 27.9 Å². The van der Waals surface area contributed by atoms with Crippen LogP contribution in [0.2, 0.25) is 10.0 Å². The summed E-state index contributed by atoms with van der Waals surface area (Å²) in [6, 6.07) is 9.89. The summed E-state index contributed by atoms with van der Waals surface area (Å²) in [6.45, 7) is -0.137. The fourth-order valence-corrected chi connectivity index (χ4v) is 1.85. The van der Waals surface area contributed by atoms with E-state index in [2.05, 4.69) is 10.3 Å². The number of benzene rings is 1. The molecule has 0 radical (unpaired) electrons. The molecule has 2 rings (SSSR count). The van der Waals surface area contributed by atoms with Crippen LogP contribution in [0.15, 0.2) is 42.6 Å². The number of hydrogen-bond donors (Lipinski definition) is 1. The zero-order valence-corrected chi connectivity index (χ0v) is 12.9. The summed E-state index contributed by atoms with van der Waals surface area (Å²) in [5, 5.41) is 3.42. The van der Waals surface area contributed by atoms with Crippen molar-refractivity contribution in [3.8, 4) is 0 Å². The van der Waals surface area contributed by atoms with Crippen molar-refractivity contribution in [2.75, 3.05) is 6.54 Å². The summed E-state index contributed by atoms with van der Waals surface area (Å²) in [5.74, 6) is -1.05. The number of halogens is 2. The first kappa shape index (κ1) is 16.3. The van der Waals surface area contributed by atoms with Gasteiger partial charge in [0.25, 0.3) is 5.91 Å². The van der Waals surface area contributed by atoms with Gasteiger partial charge in [-0.2, -0.15) is 0 Å². The fourth-order valence-electron chi connectivity index (χ4n) is 1.57. The lowest BCUT2D eigenvalue weighted by Crippen LogP contribution is -2.31. The summed E-state index contributed by atoms with van der Waals surface area (Å²) >= 11 is 11.5. The van der Waals surface area contributed by atoms with Crippen molar-refractivity contribution >= 4 is 35.1 Å². The molecule has 1 aromatic carbocycles. The lowest BCUT2D eigenvalue weighted by molar-refractivity contribution is -0.143. The maximum absolute atomic E-state index is 11.8. The zero-order valence-electron chi connectivity index (χ0n) is 11.4. The Hall–Kier alpha value is -2.11. The average Bonchev–Trinajstić information content (AvgIpc) is 2.52. The smallest absolute Gasteiger partial charge is 0.325 e. The Morgan fingerprint density at radius 1 is 1.09 bits per heavy atom. The first-order chi connectivity index (χ1) is 10.5. The van der Waals surface area contributed by atoms with Gasteiger partial charge in [0.2, 0.25) is 0 Å². The van der Waals surface area contributed by atoms with Crippen LogP contribution in [0.1, 0.15) is 16.1 Å². The molecule has 22 heavy (non-hydrogen) atoms. The molecule has 0 spiro atoms. The summed E-state index contributed by atoms with van der Waals surface area (Å²) in [4.78, 5) is 27.2. The molecule has 1 N–H and O–H groups in total. The van der Waals surface area contributed by atoms with E-state index in [0.717, 1.165) is 5.56 Å². The largest absolute Gasteiger partial charge is 0.460 e. The molecular weight excluding hydrogens is 327 g/mol. The monoisotopic (exact) mass is 338 g/mol. The normalized spacial score (nSPS) is 10.1. The van der Waals surface area contributed by atoms with Crippen LogP contribution in [0.5, 0.6) is 0 Å². The quantitative estimate of drug-likeness (QED) is 0.851. The third-order valence-electron chi connectivity index (χ3n) is 2.66. The number of hydrogen-bond acceptors (Lipinski definition) is 4. The first-order valence-electron chi connectivity index (χ1n) is 6.34. The Bertz CT molecular complexity index is 675. The van der Waals surface area contributed by atoms with Crippen LogP contribution in [-0.2, 0) is 16.1 Å². The second-order valence-electron chi connectivity index (χ2n) is 4.33. The second-order valence-corrected chi connectivity index (χ2v) is 5.20. The van der Waals surface area contributed by atoms with Gasteiger partial charge in [-0.25, -0.2) is 0 Å². The van der Waals surface area contributed by atoms with Gasteiger partial charge in [0, 0.05) is 16.2 Å². The molecule has 1 heterocycles. The Kier molecular flexibility index (Phi) is 5.75. The summed E-state index contributed by atoms with van der Waals surface area (Å²) < 4.78 is 5.03. The van der Waals surface area contributed by atoms with Crippen LogP contribution < -0.4 is 5.32 Å². The first-order valence-corrected chi connectivity index (χ1v) is 7.10. The van der Waals surface area contributed by atoms with E-state index in [0.29, 0.717) is 10.0 Å². The van der Waals surface area contributed by atoms with Crippen LogP contribution in [0.3, 0.4) is 0 Å². The number of aromatic nitrogens is 1. The van der Waals surface area contributed by atoms with Gasteiger partial charge in [-0.15, -0.1) is 0 Å². The van der Waals surface area contributed by atoms with Gasteiger partial charge in [-0.1, -0.05) is 35.3 Å². The van der Waals surface area contributed by atoms with E-state index in [-0.39, 0.29) is 18.8 Å². The van der Waals surface area contributed by atoms with Gasteiger partial charge in [0.1, 0.15) is 18.8 Å². The average molecular weight is 339 g/mol. The highest BCUT2D eigenvalue weighted by Gasteiger charge is 2.10. The molecule has 0 aliphatic rings. The van der Waals surface area contributed by atoms with Gasteiger partial charge >= 0.3 is 5.97 Å². The summed E-state index contributed by atoms with van der Waals surface area (Å²) in [6.07, 6.45) is 1.41. The van der Waals surface area contributed by atoms with Crippen molar-refractivity contribution in [3.05, 3.63) is 63.9 Å². The number of rotatable bonds is 5. The van der Waals surface area contributed by atoms with Crippen molar-refractivity contribution in [2.24, 2.45) is 0 Å². The molecule has 2 aromatic rings. The Morgan fingerprint density at radius 3 is 2.50 bits per heavy atom. The lowest BCUT2D eigenvalue weighted by atomic mass is 10.2. The molecule has 0 saturated heterocycles. The molecule has 1 amide bonds. The van der Waals surface area contributed by atoms with E-state index in [1.54, 1.807) is 30.3 Å². The SMILES string of the molecule is O=C(CNC(=O)c1cc(Cl)ccn1)OCc1ccc(Cl)cc1. The number of pyridine rings is 1. The third-order valence-corrected chi connectivity index (χ3v) is 3.15. The van der Waals surface area contributed by atoms with Crippen LogP contribution in [0.25, 0.3) is 0 Å². The lowest BCUT2D eigenvalue weighted by Gasteiger charge is -2.06. The van der Waals surface area contributed by atoms with E-state index < -0.39 is 11.9 Å². The molecule has 0 fully saturated rings. The topological polar surface area (TPSA) is 68.3 Å². The van der Waals surface area contributed by atoms with E-state index >= 15 is 0 Å². The van der Waals surface area contributed by atoms with E-state index in [1.807, 2.05) is 0 Å². The highest BCUT2D eigenvalue weighted by Crippen LogP contribution is 2.10. The maximum Gasteiger partial charge on any atom is 0.325 e. The number of nitrogens with one attached hydrogen (secondary N) is 1. The molecule has 0 unspecified atom stereocenters. The van der Waals surface area contributed by atoms with Crippen molar-refractivity contribution in [1.82, 2.24) is 10.3 Å². The van der Waals surface area contributed by atoms with Crippen LogP contribution in [-0.4, -0.2) is 23.4 Å². The van der Waals surface area contributed by atoms with Gasteiger partial charge in [0.05, 0.1) is 0 Å². The maximum atomic E-state index is 11.8. The molecule has 0 bridgehead atoms. The number of carbonyl (C=O) groups is 2. The number of carbonyl (C=O) groups excluding carboxylic acids is 2. The number of amides is 1. The zero-order chi connectivity index (χ0) is 15.9. The molecule has 5 nitrogen and oxygen atoms in total. The molecular formula is C15H12Cl2N2O3. The van der Waals surface area contributed by atoms with Crippen LogP contribution in [0.4, 0.5) is 0 Å². The molecule has 7 heteroatoms. The van der Waals surface area contributed by atoms with Crippen molar-refractivity contribution < 1.29 is 14.3 Å². The predicted octanol–water partition coefficient (Wildman–Crippen LogP) is 2.86. The number of nitrogens with zero attached hydrogens (tertiary/aromatic N) is 1.